The number of nitrogens with one attached hydrogen (secondary N) is 2. The van der Waals surface area contributed by atoms with Gasteiger partial charge in [-0.25, -0.2) is 0 Å². The Hall–Kier alpha value is -2.94. The van der Waals surface area contributed by atoms with Gasteiger partial charge in [0.15, 0.2) is 5.25 Å². The molecule has 2 aliphatic heterocycles. The molecule has 0 saturated carbocycles. The Kier molecular flexibility index (Phi) is 6.17. The number of thioether (sulfide) groups is 1. The number of amides is 4. The average molecular weight is 440 g/mol. The van der Waals surface area contributed by atoms with Gasteiger partial charge in [0, 0.05) is 37.3 Å². The van der Waals surface area contributed by atoms with E-state index in [0.29, 0.717) is 11.4 Å². The summed E-state index contributed by atoms with van der Waals surface area (Å²) < 4.78 is 14.5. The molecule has 3 atom stereocenters. The molecule has 4 amide bonds. The largest absolute Gasteiger partial charge is 0.294 e. The van der Waals surface area contributed by atoms with Crippen molar-refractivity contribution in [2.45, 2.75) is 10.5 Å². The molecule has 2 fully saturated rings. The van der Waals surface area contributed by atoms with Crippen LogP contribution >= 0.6 is 11.8 Å². The minimum atomic E-state index is -1.55. The van der Waals surface area contributed by atoms with Gasteiger partial charge in [0.05, 0.1) is 5.75 Å². The third kappa shape index (κ3) is 4.92. The van der Waals surface area contributed by atoms with E-state index in [0.717, 1.165) is 0 Å². The molecule has 0 aliphatic carbocycles. The van der Waals surface area contributed by atoms with Crippen molar-refractivity contribution < 1.29 is 23.4 Å². The van der Waals surface area contributed by atoms with E-state index in [1.807, 2.05) is 0 Å². The molecule has 0 aromatic carbocycles. The molecule has 2 aromatic heterocycles. The summed E-state index contributed by atoms with van der Waals surface area (Å²) in [6, 6.07) is 0. The first-order chi connectivity index (χ1) is 13.7. The van der Waals surface area contributed by atoms with Crippen molar-refractivity contribution in [2.24, 2.45) is 14.1 Å². The van der Waals surface area contributed by atoms with Crippen LogP contribution in [0.3, 0.4) is 0 Å². The predicted octanol–water partition coefficient (Wildman–Crippen LogP) is -2.49. The fourth-order valence-corrected chi connectivity index (χ4v) is 4.56. The van der Waals surface area contributed by atoms with E-state index in [-0.39, 0.29) is 23.3 Å². The van der Waals surface area contributed by atoms with E-state index in [1.165, 1.54) is 27.3 Å². The van der Waals surface area contributed by atoms with E-state index in [2.05, 4.69) is 31.3 Å². The topological polar surface area (TPSA) is 171 Å². The lowest BCUT2D eigenvalue weighted by atomic mass is 10.3. The van der Waals surface area contributed by atoms with Crippen LogP contribution < -0.4 is 10.6 Å². The zero-order valence-corrected chi connectivity index (χ0v) is 16.9. The number of carbonyl (C=O) groups excluding carboxylic acids is 4. The maximum atomic E-state index is 11.6. The summed E-state index contributed by atoms with van der Waals surface area (Å²) in [5.41, 5.74) is 0.906. The monoisotopic (exact) mass is 440 g/mol. The van der Waals surface area contributed by atoms with Crippen molar-refractivity contribution in [1.29, 1.82) is 0 Å². The van der Waals surface area contributed by atoms with Crippen LogP contribution in [-0.4, -0.2) is 69.3 Å². The van der Waals surface area contributed by atoms with Crippen molar-refractivity contribution >= 4 is 46.2 Å². The molecule has 0 radical (unpaired) electrons. The molecule has 2 aliphatic rings. The fourth-order valence-electron chi connectivity index (χ4n) is 2.50. The second-order valence-corrected chi connectivity index (χ2v) is 8.67. The highest BCUT2D eigenvalue weighted by Crippen LogP contribution is 2.29. The zero-order chi connectivity index (χ0) is 21.1. The first-order valence-electron chi connectivity index (χ1n) is 8.13. The van der Waals surface area contributed by atoms with Gasteiger partial charge in [0.25, 0.3) is 0 Å². The Morgan fingerprint density at radius 1 is 0.966 bits per heavy atom. The number of carbonyl (C=O) groups is 4. The molecule has 0 spiro atoms. The van der Waals surface area contributed by atoms with Crippen LogP contribution in [0.4, 0.5) is 0 Å². The summed E-state index contributed by atoms with van der Waals surface area (Å²) in [6.07, 6.45) is 3.19. The summed E-state index contributed by atoms with van der Waals surface area (Å²) in [6.45, 7) is 0. The second-order valence-electron chi connectivity index (χ2n) is 6.06. The Morgan fingerprint density at radius 3 is 2.07 bits per heavy atom. The smallest absolute Gasteiger partial charge is 0.248 e. The maximum absolute atomic E-state index is 11.6. The first kappa shape index (κ1) is 20.8. The normalized spacial score (nSPS) is 24.4. The van der Waals surface area contributed by atoms with E-state index < -0.39 is 33.1 Å². The Bertz CT molecular complexity index is 982. The lowest BCUT2D eigenvalue weighted by molar-refractivity contribution is -0.131. The molecule has 4 heterocycles. The van der Waals surface area contributed by atoms with Gasteiger partial charge in [-0.3, -0.25) is 43.4 Å². The van der Waals surface area contributed by atoms with Gasteiger partial charge in [0.1, 0.15) is 22.4 Å². The molecule has 2 N–H and O–H groups in total. The zero-order valence-electron chi connectivity index (χ0n) is 15.3. The van der Waals surface area contributed by atoms with E-state index in [1.54, 1.807) is 20.3 Å². The van der Waals surface area contributed by atoms with Gasteiger partial charge in [-0.15, -0.1) is 22.0 Å². The van der Waals surface area contributed by atoms with Gasteiger partial charge in [-0.1, -0.05) is 10.4 Å². The average Bonchev–Trinajstić information content (AvgIpc) is 3.23. The van der Waals surface area contributed by atoms with Crippen LogP contribution in [0, 0.1) is 0 Å². The van der Waals surface area contributed by atoms with Gasteiger partial charge < -0.3 is 0 Å². The van der Waals surface area contributed by atoms with Gasteiger partial charge >= 0.3 is 0 Å². The molecule has 2 saturated heterocycles. The standard InChI is InChI=1S/C7H8N4O3S.C7H8N4O2S/c1-11-2-4(9-10-11)6-7(13)8-5(12)3-15(6)14;1-11-2-4(9-10-11)6-7(13)8-5(12)3-14-6/h2,6H,3H2,1H3,(H,8,12,13);2,6H,3H2,1H3,(H,8,12,13). The molecule has 0 bridgehead atoms. The SMILES string of the molecule is Cn1cc(C2C(=O)NC(=O)CS2=O)nn1.Cn1cc(C2SCC(=O)NC2=O)nn1. The molecular formula is C14H16N8O5S2. The van der Waals surface area contributed by atoms with Crippen molar-refractivity contribution in [3.05, 3.63) is 23.8 Å². The summed E-state index contributed by atoms with van der Waals surface area (Å²) in [4.78, 5) is 44.6. The number of rotatable bonds is 2. The number of hydrogen-bond acceptors (Lipinski definition) is 10. The van der Waals surface area contributed by atoms with Crippen molar-refractivity contribution in [3.63, 3.8) is 0 Å². The van der Waals surface area contributed by atoms with Crippen LogP contribution in [-0.2, 0) is 44.1 Å². The maximum Gasteiger partial charge on any atom is 0.248 e. The second kappa shape index (κ2) is 8.60. The predicted molar refractivity (Wildman–Crippen MR) is 99.3 cm³/mol. The summed E-state index contributed by atoms with van der Waals surface area (Å²) in [5, 5.41) is 18.0. The molecule has 13 nitrogen and oxygen atoms in total. The first-order valence-corrected chi connectivity index (χ1v) is 10.6. The molecule has 15 heteroatoms. The van der Waals surface area contributed by atoms with Gasteiger partial charge in [0.2, 0.25) is 23.6 Å². The van der Waals surface area contributed by atoms with Crippen LogP contribution in [0.15, 0.2) is 12.4 Å². The van der Waals surface area contributed by atoms with Crippen LogP contribution in [0.1, 0.15) is 21.9 Å². The molecular weight excluding hydrogens is 424 g/mol. The molecule has 3 unspecified atom stereocenters. The summed E-state index contributed by atoms with van der Waals surface area (Å²) in [5.74, 6) is -1.55. The lowest BCUT2D eigenvalue weighted by Gasteiger charge is -2.17. The Labute approximate surface area is 170 Å². The summed E-state index contributed by atoms with van der Waals surface area (Å²) >= 11 is 1.27. The molecule has 2 aromatic rings. The molecule has 4 rings (SSSR count). The number of imide groups is 2. The lowest BCUT2D eigenvalue weighted by Crippen LogP contribution is -2.45. The van der Waals surface area contributed by atoms with Crippen LogP contribution in [0.5, 0.6) is 0 Å². The van der Waals surface area contributed by atoms with Crippen LogP contribution in [0.2, 0.25) is 0 Å². The summed E-state index contributed by atoms with van der Waals surface area (Å²) in [7, 11) is 1.82. The van der Waals surface area contributed by atoms with Gasteiger partial charge in [-0.05, 0) is 0 Å². The van der Waals surface area contributed by atoms with Crippen molar-refractivity contribution in [3.8, 4) is 0 Å². The quantitative estimate of drug-likeness (QED) is 0.476. The van der Waals surface area contributed by atoms with E-state index in [4.69, 9.17) is 0 Å². The minimum absolute atomic E-state index is 0.174. The molecule has 154 valence electrons. The Balaban J connectivity index is 0.000000166. The van der Waals surface area contributed by atoms with E-state index >= 15 is 0 Å². The minimum Gasteiger partial charge on any atom is -0.294 e. The highest BCUT2D eigenvalue weighted by molar-refractivity contribution is 8.01. The number of hydrogen-bond donors (Lipinski definition) is 2. The van der Waals surface area contributed by atoms with Crippen molar-refractivity contribution in [1.82, 2.24) is 40.6 Å². The number of aryl methyl sites for hydroxylation is 2. The highest BCUT2D eigenvalue weighted by Gasteiger charge is 2.36. The third-order valence-corrected chi connectivity index (χ3v) is 6.44. The highest BCUT2D eigenvalue weighted by atomic mass is 32.2. The van der Waals surface area contributed by atoms with Gasteiger partial charge in [-0.2, -0.15) is 0 Å². The van der Waals surface area contributed by atoms with Crippen LogP contribution in [0.25, 0.3) is 0 Å². The third-order valence-electron chi connectivity index (χ3n) is 3.70. The fraction of sp³-hybridized carbons (Fsp3) is 0.429. The van der Waals surface area contributed by atoms with Crippen molar-refractivity contribution in [2.75, 3.05) is 11.5 Å². The number of nitrogens with zero attached hydrogens (tertiary/aromatic N) is 6. The van der Waals surface area contributed by atoms with E-state index in [9.17, 15) is 23.4 Å². The number of aromatic nitrogens is 6. The Morgan fingerprint density at radius 2 is 1.55 bits per heavy atom. The molecule has 29 heavy (non-hydrogen) atoms.